The maximum atomic E-state index is 12.7. The fourth-order valence-electron chi connectivity index (χ4n) is 2.71. The zero-order valence-electron chi connectivity index (χ0n) is 14.3. The van der Waals surface area contributed by atoms with Gasteiger partial charge < -0.3 is 5.11 Å². The van der Waals surface area contributed by atoms with E-state index in [2.05, 4.69) is 0 Å². The van der Waals surface area contributed by atoms with Crippen LogP contribution in [-0.2, 0) is 4.79 Å². The third kappa shape index (κ3) is 4.00. The molecule has 7 heteroatoms. The Kier molecular flexibility index (Phi) is 5.85. The zero-order chi connectivity index (χ0) is 19.6. The number of carboxylic acids is 1. The van der Waals surface area contributed by atoms with E-state index in [0.29, 0.717) is 31.9 Å². The Balaban J connectivity index is 2.20. The number of benzene rings is 2. The Morgan fingerprint density at radius 2 is 1.78 bits per heavy atom. The highest BCUT2D eigenvalue weighted by molar-refractivity contribution is 7.15. The molecule has 0 atom stereocenters. The van der Waals surface area contributed by atoms with Crippen LogP contribution < -0.4 is 4.90 Å². The molecule has 1 N–H and O–H groups in total. The molecule has 1 heterocycles. The molecule has 0 saturated carbocycles. The van der Waals surface area contributed by atoms with Crippen molar-refractivity contribution in [1.29, 1.82) is 0 Å². The summed E-state index contributed by atoms with van der Waals surface area (Å²) in [5.41, 5.74) is 1.86. The van der Waals surface area contributed by atoms with Gasteiger partial charge in [-0.3, -0.25) is 9.69 Å². The monoisotopic (exact) mass is 419 g/mol. The van der Waals surface area contributed by atoms with Crippen molar-refractivity contribution >= 4 is 57.1 Å². The van der Waals surface area contributed by atoms with E-state index in [0.717, 1.165) is 0 Å². The lowest BCUT2D eigenvalue weighted by molar-refractivity contribution is -0.117. The number of carboxylic acid groups (broad SMARTS) is 1. The molecule has 2 aromatic carbocycles. The van der Waals surface area contributed by atoms with Crippen molar-refractivity contribution in [1.82, 2.24) is 0 Å². The number of halogens is 2. The van der Waals surface area contributed by atoms with E-state index in [1.54, 1.807) is 60.8 Å². The van der Waals surface area contributed by atoms with Crippen molar-refractivity contribution in [2.24, 2.45) is 0 Å². The summed E-state index contributed by atoms with van der Waals surface area (Å²) in [4.78, 5) is 26.2. The normalized spacial score (nSPS) is 10.6. The smallest absolute Gasteiger partial charge is 0.339 e. The highest BCUT2D eigenvalue weighted by Gasteiger charge is 2.27. The number of rotatable bonds is 5. The number of carbonyl (C=O) groups excluding carboxylic acids is 1. The summed E-state index contributed by atoms with van der Waals surface area (Å²) < 4.78 is 0. The molecule has 0 saturated heterocycles. The molecule has 0 aliphatic heterocycles. The summed E-state index contributed by atoms with van der Waals surface area (Å²) in [6.07, 6.45) is 0.222. The number of amides is 1. The molecule has 138 valence electrons. The van der Waals surface area contributed by atoms with Crippen LogP contribution in [0.2, 0.25) is 10.0 Å². The van der Waals surface area contributed by atoms with Crippen LogP contribution in [0, 0.1) is 0 Å². The molecule has 0 radical (unpaired) electrons. The van der Waals surface area contributed by atoms with Crippen LogP contribution in [0.3, 0.4) is 0 Å². The maximum Gasteiger partial charge on any atom is 0.339 e. The first-order valence-corrected chi connectivity index (χ1v) is 9.75. The number of aromatic carboxylic acids is 1. The van der Waals surface area contributed by atoms with E-state index in [1.807, 2.05) is 0 Å². The maximum absolute atomic E-state index is 12.7. The third-order valence-corrected chi connectivity index (χ3v) is 5.41. The molecule has 3 aromatic rings. The summed E-state index contributed by atoms with van der Waals surface area (Å²) in [6, 6.07) is 13.7. The summed E-state index contributed by atoms with van der Waals surface area (Å²) in [5, 5.41) is 13.0. The molecule has 0 spiro atoms. The lowest BCUT2D eigenvalue weighted by Crippen LogP contribution is -2.25. The van der Waals surface area contributed by atoms with Gasteiger partial charge in [-0.15, -0.1) is 11.3 Å². The lowest BCUT2D eigenvalue weighted by Gasteiger charge is -2.22. The molecule has 0 unspecified atom stereocenters. The minimum atomic E-state index is -1.10. The summed E-state index contributed by atoms with van der Waals surface area (Å²) in [6.45, 7) is 1.73. The second kappa shape index (κ2) is 8.13. The van der Waals surface area contributed by atoms with Gasteiger partial charge in [0.2, 0.25) is 5.91 Å². The van der Waals surface area contributed by atoms with E-state index in [4.69, 9.17) is 23.2 Å². The lowest BCUT2D eigenvalue weighted by atomic mass is 10.0. The predicted octanol–water partition coefficient (Wildman–Crippen LogP) is 6.49. The van der Waals surface area contributed by atoms with Crippen LogP contribution in [-0.4, -0.2) is 17.0 Å². The topological polar surface area (TPSA) is 57.6 Å². The van der Waals surface area contributed by atoms with Gasteiger partial charge in [-0.05, 0) is 35.9 Å². The van der Waals surface area contributed by atoms with Crippen molar-refractivity contribution in [3.63, 3.8) is 0 Å². The van der Waals surface area contributed by atoms with E-state index in [1.165, 1.54) is 16.2 Å². The number of nitrogens with zero attached hydrogens (tertiary/aromatic N) is 1. The summed E-state index contributed by atoms with van der Waals surface area (Å²) in [5.74, 6) is -1.32. The largest absolute Gasteiger partial charge is 0.478 e. The van der Waals surface area contributed by atoms with Crippen LogP contribution in [0.1, 0.15) is 23.7 Å². The van der Waals surface area contributed by atoms with Crippen LogP contribution >= 0.6 is 34.5 Å². The van der Waals surface area contributed by atoms with Gasteiger partial charge in [-0.2, -0.15) is 0 Å². The van der Waals surface area contributed by atoms with Crippen LogP contribution in [0.5, 0.6) is 0 Å². The highest BCUT2D eigenvalue weighted by atomic mass is 35.5. The molecular formula is C20H15Cl2NO3S. The number of thiophene rings is 1. The van der Waals surface area contributed by atoms with Gasteiger partial charge in [0, 0.05) is 27.4 Å². The molecular weight excluding hydrogens is 405 g/mol. The minimum absolute atomic E-state index is 0.0732. The van der Waals surface area contributed by atoms with Gasteiger partial charge in [0.05, 0.1) is 5.69 Å². The average Bonchev–Trinajstić information content (AvgIpc) is 3.07. The van der Waals surface area contributed by atoms with E-state index >= 15 is 0 Å². The summed E-state index contributed by atoms with van der Waals surface area (Å²) >= 11 is 13.2. The minimum Gasteiger partial charge on any atom is -0.478 e. The van der Waals surface area contributed by atoms with E-state index in [-0.39, 0.29) is 17.9 Å². The third-order valence-electron chi connectivity index (χ3n) is 3.96. The van der Waals surface area contributed by atoms with E-state index in [9.17, 15) is 14.7 Å². The van der Waals surface area contributed by atoms with Crippen molar-refractivity contribution in [3.8, 4) is 11.1 Å². The average molecular weight is 420 g/mol. The molecule has 3 rings (SSSR count). The number of anilines is 2. The first-order valence-electron chi connectivity index (χ1n) is 8.11. The number of carbonyl (C=O) groups is 2. The Morgan fingerprint density at radius 1 is 1.07 bits per heavy atom. The van der Waals surface area contributed by atoms with Gasteiger partial charge in [0.25, 0.3) is 0 Å². The summed E-state index contributed by atoms with van der Waals surface area (Å²) in [7, 11) is 0. The van der Waals surface area contributed by atoms with Crippen molar-refractivity contribution in [2.45, 2.75) is 13.3 Å². The molecule has 1 amide bonds. The van der Waals surface area contributed by atoms with Crippen molar-refractivity contribution in [2.75, 3.05) is 4.90 Å². The first-order chi connectivity index (χ1) is 12.9. The molecule has 4 nitrogen and oxygen atoms in total. The van der Waals surface area contributed by atoms with Crippen LogP contribution in [0.4, 0.5) is 10.7 Å². The Labute approximate surface area is 170 Å². The highest BCUT2D eigenvalue weighted by Crippen LogP contribution is 2.41. The SMILES string of the molecule is CCC(=O)N(c1cccc(Cl)c1)c1scc(-c2ccc(Cl)cc2)c1C(=O)O. The molecule has 1 aromatic heterocycles. The fraction of sp³-hybridized carbons (Fsp3) is 0.100. The molecule has 0 bridgehead atoms. The fourth-order valence-corrected chi connectivity index (χ4v) is 4.13. The van der Waals surface area contributed by atoms with Crippen LogP contribution in [0.25, 0.3) is 11.1 Å². The molecule has 0 aliphatic carbocycles. The molecule has 27 heavy (non-hydrogen) atoms. The molecule has 0 aliphatic rings. The van der Waals surface area contributed by atoms with Crippen molar-refractivity contribution < 1.29 is 14.7 Å². The standard InChI is InChI=1S/C20H15Cl2NO3S/c1-2-17(24)23(15-5-3-4-14(22)10-15)19-18(20(25)26)16(11-27-19)12-6-8-13(21)9-7-12/h3-11H,2H2,1H3,(H,25,26). The first kappa shape index (κ1) is 19.4. The zero-order valence-corrected chi connectivity index (χ0v) is 16.6. The van der Waals surface area contributed by atoms with Gasteiger partial charge in [0.1, 0.15) is 10.6 Å². The second-order valence-corrected chi connectivity index (χ2v) is 7.44. The van der Waals surface area contributed by atoms with Gasteiger partial charge in [0.15, 0.2) is 0 Å². The van der Waals surface area contributed by atoms with Gasteiger partial charge in [-0.1, -0.05) is 48.3 Å². The second-order valence-electron chi connectivity index (χ2n) is 5.70. The number of hydrogen-bond donors (Lipinski definition) is 1. The Hall–Kier alpha value is -2.34. The Bertz CT molecular complexity index is 999. The number of hydrogen-bond acceptors (Lipinski definition) is 3. The Morgan fingerprint density at radius 3 is 2.37 bits per heavy atom. The van der Waals surface area contributed by atoms with Gasteiger partial charge in [-0.25, -0.2) is 4.79 Å². The van der Waals surface area contributed by atoms with Crippen LogP contribution in [0.15, 0.2) is 53.9 Å². The van der Waals surface area contributed by atoms with E-state index < -0.39 is 5.97 Å². The quantitative estimate of drug-likeness (QED) is 0.513. The molecule has 0 fully saturated rings. The predicted molar refractivity (Wildman–Crippen MR) is 111 cm³/mol. The van der Waals surface area contributed by atoms with Gasteiger partial charge >= 0.3 is 5.97 Å². The van der Waals surface area contributed by atoms with Crippen molar-refractivity contribution in [3.05, 3.63) is 69.5 Å².